The van der Waals surface area contributed by atoms with Gasteiger partial charge in [-0.25, -0.2) is 0 Å². The van der Waals surface area contributed by atoms with Crippen LogP contribution in [0.2, 0.25) is 0 Å². The van der Waals surface area contributed by atoms with E-state index in [0.29, 0.717) is 12.8 Å². The van der Waals surface area contributed by atoms with Crippen molar-refractivity contribution in [2.45, 2.75) is 26.2 Å². The molecule has 0 heterocycles. The summed E-state index contributed by atoms with van der Waals surface area (Å²) >= 11 is 0. The van der Waals surface area contributed by atoms with Gasteiger partial charge in [-0.1, -0.05) is 37.3 Å². The summed E-state index contributed by atoms with van der Waals surface area (Å²) in [6.45, 7) is 1.70. The normalized spacial score (nSPS) is 12.1. The van der Waals surface area contributed by atoms with Crippen molar-refractivity contribution in [3.05, 3.63) is 35.9 Å². The third kappa shape index (κ3) is 3.50. The number of carboxylic acid groups (broad SMARTS) is 1. The van der Waals surface area contributed by atoms with Crippen molar-refractivity contribution in [3.8, 4) is 0 Å². The molecule has 1 unspecified atom stereocenters. The minimum atomic E-state index is -1.01. The van der Waals surface area contributed by atoms with Crippen molar-refractivity contribution >= 4 is 11.8 Å². The van der Waals surface area contributed by atoms with Crippen LogP contribution in [0.5, 0.6) is 0 Å². The number of rotatable bonds is 6. The second-order valence-electron chi connectivity index (χ2n) is 3.73. The summed E-state index contributed by atoms with van der Waals surface area (Å²) in [5.74, 6) is -2.06. The molecule has 1 aromatic carbocycles. The number of aryl methyl sites for hydroxylation is 1. The number of hydrogen-bond donors (Lipinski definition) is 1. The summed E-state index contributed by atoms with van der Waals surface area (Å²) in [5.41, 5.74) is 1.07. The molecule has 0 radical (unpaired) electrons. The molecule has 0 aliphatic heterocycles. The van der Waals surface area contributed by atoms with Crippen LogP contribution in [0.3, 0.4) is 0 Å². The maximum Gasteiger partial charge on any atom is 0.314 e. The van der Waals surface area contributed by atoms with E-state index in [2.05, 4.69) is 0 Å². The highest BCUT2D eigenvalue weighted by Gasteiger charge is 2.23. The fraction of sp³-hybridized carbons (Fsp3) is 0.385. The summed E-state index contributed by atoms with van der Waals surface area (Å²) in [6.07, 6.45) is 1.29. The van der Waals surface area contributed by atoms with E-state index in [1.807, 2.05) is 30.3 Å². The van der Waals surface area contributed by atoms with E-state index in [1.54, 1.807) is 6.92 Å². The average molecular weight is 220 g/mol. The first kappa shape index (κ1) is 12.4. The Morgan fingerprint density at radius 3 is 2.38 bits per heavy atom. The summed E-state index contributed by atoms with van der Waals surface area (Å²) in [4.78, 5) is 22.3. The summed E-state index contributed by atoms with van der Waals surface area (Å²) in [7, 11) is 0. The number of carbonyl (C=O) groups excluding carboxylic acids is 1. The first-order chi connectivity index (χ1) is 7.65. The molecule has 3 heteroatoms. The third-order valence-electron chi connectivity index (χ3n) is 2.60. The molecule has 1 N–H and O–H groups in total. The van der Waals surface area contributed by atoms with Gasteiger partial charge in [-0.15, -0.1) is 0 Å². The van der Waals surface area contributed by atoms with Crippen LogP contribution in [0.1, 0.15) is 25.3 Å². The maximum absolute atomic E-state index is 11.4. The number of aliphatic carboxylic acids is 1. The number of benzene rings is 1. The lowest BCUT2D eigenvalue weighted by atomic mass is 9.94. The van der Waals surface area contributed by atoms with Crippen molar-refractivity contribution in [2.75, 3.05) is 0 Å². The largest absolute Gasteiger partial charge is 0.481 e. The molecule has 86 valence electrons. The number of carboxylic acids is 1. The quantitative estimate of drug-likeness (QED) is 0.748. The first-order valence-electron chi connectivity index (χ1n) is 5.44. The van der Waals surface area contributed by atoms with E-state index in [9.17, 15) is 9.59 Å². The zero-order valence-electron chi connectivity index (χ0n) is 9.35. The molecule has 1 atom stereocenters. The van der Waals surface area contributed by atoms with Gasteiger partial charge in [0.25, 0.3) is 0 Å². The molecule has 0 bridgehead atoms. The maximum atomic E-state index is 11.4. The van der Waals surface area contributed by atoms with E-state index in [4.69, 9.17) is 5.11 Å². The van der Waals surface area contributed by atoms with Gasteiger partial charge in [0.05, 0.1) is 0 Å². The van der Waals surface area contributed by atoms with Gasteiger partial charge in [-0.2, -0.15) is 0 Å². The Morgan fingerprint density at radius 1 is 1.25 bits per heavy atom. The van der Waals surface area contributed by atoms with Crippen molar-refractivity contribution in [3.63, 3.8) is 0 Å². The van der Waals surface area contributed by atoms with Crippen LogP contribution in [-0.4, -0.2) is 16.9 Å². The predicted octanol–water partition coefficient (Wildman–Crippen LogP) is 2.30. The van der Waals surface area contributed by atoms with Crippen LogP contribution in [0.4, 0.5) is 0 Å². The van der Waals surface area contributed by atoms with E-state index in [-0.39, 0.29) is 12.2 Å². The number of ketones is 1. The molecule has 0 aromatic heterocycles. The molecule has 0 spiro atoms. The molecule has 16 heavy (non-hydrogen) atoms. The molecule has 0 fully saturated rings. The SMILES string of the molecule is CCC(=O)C(CCc1ccccc1)C(=O)O. The summed E-state index contributed by atoms with van der Waals surface area (Å²) < 4.78 is 0. The van der Waals surface area contributed by atoms with Crippen molar-refractivity contribution in [1.29, 1.82) is 0 Å². The summed E-state index contributed by atoms with van der Waals surface area (Å²) in [5, 5.41) is 8.93. The van der Waals surface area contributed by atoms with Crippen LogP contribution in [-0.2, 0) is 16.0 Å². The van der Waals surface area contributed by atoms with Gasteiger partial charge in [0.15, 0.2) is 0 Å². The topological polar surface area (TPSA) is 54.4 Å². The lowest BCUT2D eigenvalue weighted by Gasteiger charge is -2.09. The molecule has 0 aliphatic rings. The standard InChI is InChI=1S/C13H16O3/c1-2-12(14)11(13(15)16)9-8-10-6-4-3-5-7-10/h3-7,11H,2,8-9H2,1H3,(H,15,16). The number of Topliss-reactive ketones (excluding diaryl/α,β-unsaturated/α-hetero) is 1. The molecule has 3 nitrogen and oxygen atoms in total. The molecule has 0 saturated carbocycles. The highest BCUT2D eigenvalue weighted by Crippen LogP contribution is 2.12. The Labute approximate surface area is 95.1 Å². The van der Waals surface area contributed by atoms with E-state index < -0.39 is 11.9 Å². The molecule has 0 amide bonds. The van der Waals surface area contributed by atoms with Gasteiger partial charge in [0.2, 0.25) is 0 Å². The lowest BCUT2D eigenvalue weighted by molar-refractivity contribution is -0.146. The van der Waals surface area contributed by atoms with E-state index in [1.165, 1.54) is 0 Å². The summed E-state index contributed by atoms with van der Waals surface area (Å²) in [6, 6.07) is 9.61. The minimum Gasteiger partial charge on any atom is -0.481 e. The van der Waals surface area contributed by atoms with Crippen LogP contribution in [0.25, 0.3) is 0 Å². The molecular formula is C13H16O3. The third-order valence-corrected chi connectivity index (χ3v) is 2.60. The van der Waals surface area contributed by atoms with E-state index >= 15 is 0 Å². The van der Waals surface area contributed by atoms with Crippen LogP contribution >= 0.6 is 0 Å². The Hall–Kier alpha value is -1.64. The van der Waals surface area contributed by atoms with Gasteiger partial charge in [-0.3, -0.25) is 9.59 Å². The molecule has 0 saturated heterocycles. The van der Waals surface area contributed by atoms with Crippen LogP contribution < -0.4 is 0 Å². The average Bonchev–Trinajstić information content (AvgIpc) is 2.30. The highest BCUT2D eigenvalue weighted by molar-refractivity contribution is 5.97. The van der Waals surface area contributed by atoms with Crippen LogP contribution in [0, 0.1) is 5.92 Å². The van der Waals surface area contributed by atoms with Gasteiger partial charge in [-0.05, 0) is 18.4 Å². The highest BCUT2D eigenvalue weighted by atomic mass is 16.4. The Balaban J connectivity index is 2.57. The zero-order chi connectivity index (χ0) is 12.0. The monoisotopic (exact) mass is 220 g/mol. The van der Waals surface area contributed by atoms with Gasteiger partial charge in [0.1, 0.15) is 11.7 Å². The van der Waals surface area contributed by atoms with E-state index in [0.717, 1.165) is 5.56 Å². The van der Waals surface area contributed by atoms with Gasteiger partial charge < -0.3 is 5.11 Å². The first-order valence-corrected chi connectivity index (χ1v) is 5.44. The Kier molecular flexibility index (Phi) is 4.70. The molecule has 1 rings (SSSR count). The predicted molar refractivity (Wildman–Crippen MR) is 61.2 cm³/mol. The second kappa shape index (κ2) is 6.05. The van der Waals surface area contributed by atoms with Crippen LogP contribution in [0.15, 0.2) is 30.3 Å². The van der Waals surface area contributed by atoms with Crippen molar-refractivity contribution in [2.24, 2.45) is 5.92 Å². The second-order valence-corrected chi connectivity index (χ2v) is 3.73. The number of hydrogen-bond acceptors (Lipinski definition) is 2. The fourth-order valence-corrected chi connectivity index (χ4v) is 1.62. The molecule has 0 aliphatic carbocycles. The minimum absolute atomic E-state index is 0.191. The fourth-order valence-electron chi connectivity index (χ4n) is 1.62. The van der Waals surface area contributed by atoms with Crippen molar-refractivity contribution < 1.29 is 14.7 Å². The molecular weight excluding hydrogens is 204 g/mol. The smallest absolute Gasteiger partial charge is 0.314 e. The lowest BCUT2D eigenvalue weighted by Crippen LogP contribution is -2.23. The van der Waals surface area contributed by atoms with Gasteiger partial charge in [0, 0.05) is 6.42 Å². The van der Waals surface area contributed by atoms with Crippen molar-refractivity contribution in [1.82, 2.24) is 0 Å². The number of carbonyl (C=O) groups is 2. The molecule has 1 aromatic rings. The Bertz CT molecular complexity index is 357. The van der Waals surface area contributed by atoms with Gasteiger partial charge >= 0.3 is 5.97 Å². The Morgan fingerprint density at radius 2 is 1.88 bits per heavy atom. The zero-order valence-corrected chi connectivity index (χ0v) is 9.35.